The van der Waals surface area contributed by atoms with Gasteiger partial charge in [0.05, 0.1) is 12.2 Å². The second-order valence-corrected chi connectivity index (χ2v) is 7.03. The van der Waals surface area contributed by atoms with E-state index in [0.717, 1.165) is 12.8 Å². The minimum atomic E-state index is -0.815. The Morgan fingerprint density at radius 3 is 2.62 bits per heavy atom. The first-order valence-electron chi connectivity index (χ1n) is 8.90. The summed E-state index contributed by atoms with van der Waals surface area (Å²) in [6.07, 6.45) is 3.60. The fourth-order valence-electron chi connectivity index (χ4n) is 3.72. The van der Waals surface area contributed by atoms with Crippen LogP contribution in [0.15, 0.2) is 47.1 Å². The van der Waals surface area contributed by atoms with E-state index in [4.69, 9.17) is 9.15 Å². The molecule has 2 atom stereocenters. The van der Waals surface area contributed by atoms with Crippen LogP contribution in [0.2, 0.25) is 0 Å². The molecule has 4 rings (SSSR count). The van der Waals surface area contributed by atoms with E-state index in [-0.39, 0.29) is 30.7 Å². The van der Waals surface area contributed by atoms with Crippen molar-refractivity contribution in [1.82, 2.24) is 4.90 Å². The van der Waals surface area contributed by atoms with Crippen LogP contribution in [0.5, 0.6) is 5.75 Å². The average Bonchev–Trinajstić information content (AvgIpc) is 3.21. The molecule has 2 aromatic rings. The summed E-state index contributed by atoms with van der Waals surface area (Å²) >= 11 is 0. The molecule has 2 aliphatic rings. The highest BCUT2D eigenvalue weighted by Gasteiger charge is 2.47. The summed E-state index contributed by atoms with van der Waals surface area (Å²) in [6.45, 7) is 0.957. The van der Waals surface area contributed by atoms with E-state index in [9.17, 15) is 14.7 Å². The summed E-state index contributed by atoms with van der Waals surface area (Å²) in [6, 6.07) is 11.1. The Kier molecular flexibility index (Phi) is 4.41. The van der Waals surface area contributed by atoms with Crippen molar-refractivity contribution >= 4 is 11.9 Å². The van der Waals surface area contributed by atoms with Gasteiger partial charge in [-0.25, -0.2) is 0 Å². The quantitative estimate of drug-likeness (QED) is 0.861. The Morgan fingerprint density at radius 2 is 1.92 bits per heavy atom. The zero-order chi connectivity index (χ0) is 18.1. The number of hydrogen-bond donors (Lipinski definition) is 1. The van der Waals surface area contributed by atoms with E-state index >= 15 is 0 Å². The normalized spacial score (nSPS) is 22.4. The number of carbonyl (C=O) groups excluding carboxylic acids is 1. The third-order valence-electron chi connectivity index (χ3n) is 5.28. The number of para-hydroxylation sites is 1. The van der Waals surface area contributed by atoms with E-state index in [0.29, 0.717) is 23.8 Å². The zero-order valence-corrected chi connectivity index (χ0v) is 14.3. The molecule has 0 spiro atoms. The molecule has 1 aromatic carbocycles. The second-order valence-electron chi connectivity index (χ2n) is 7.03. The Balaban J connectivity index is 1.45. The number of likely N-dealkylation sites (tertiary alicyclic amines) is 1. The second kappa shape index (κ2) is 6.86. The molecule has 1 N–H and O–H groups in total. The number of carboxylic acid groups (broad SMARTS) is 1. The van der Waals surface area contributed by atoms with Crippen LogP contribution < -0.4 is 4.74 Å². The van der Waals surface area contributed by atoms with Gasteiger partial charge >= 0.3 is 5.97 Å². The lowest BCUT2D eigenvalue weighted by Gasteiger charge is -2.15. The molecule has 6 heteroatoms. The SMILES string of the molecule is O=C(O)[C@H]1CN(C(=O)c2occc2COc2ccccc2)C[C@@H]1C1CC1. The predicted octanol–water partition coefficient (Wildman–Crippen LogP) is 3.04. The van der Waals surface area contributed by atoms with Gasteiger partial charge in [0, 0.05) is 18.7 Å². The first-order chi connectivity index (χ1) is 12.6. The molecule has 0 bridgehead atoms. The van der Waals surface area contributed by atoms with Crippen molar-refractivity contribution in [3.05, 3.63) is 54.0 Å². The lowest BCUT2D eigenvalue weighted by Crippen LogP contribution is -2.30. The average molecular weight is 355 g/mol. The number of benzene rings is 1. The monoisotopic (exact) mass is 355 g/mol. The Morgan fingerprint density at radius 1 is 1.15 bits per heavy atom. The van der Waals surface area contributed by atoms with Crippen molar-refractivity contribution in [2.24, 2.45) is 17.8 Å². The molecule has 1 saturated carbocycles. The molecule has 136 valence electrons. The standard InChI is InChI=1S/C20H21NO5/c22-19(21-10-16(13-6-7-13)17(11-21)20(23)24)18-14(8-9-25-18)12-26-15-4-2-1-3-5-15/h1-5,8-9,13,16-17H,6-7,10-12H2,(H,23,24)/t16-,17+/m1/s1. The molecule has 2 heterocycles. The Hall–Kier alpha value is -2.76. The number of carbonyl (C=O) groups is 2. The number of ether oxygens (including phenoxy) is 1. The van der Waals surface area contributed by atoms with E-state index < -0.39 is 11.9 Å². The summed E-state index contributed by atoms with van der Waals surface area (Å²) in [5.41, 5.74) is 0.667. The van der Waals surface area contributed by atoms with E-state index in [2.05, 4.69) is 0 Å². The fraction of sp³-hybridized carbons (Fsp3) is 0.400. The van der Waals surface area contributed by atoms with Crippen molar-refractivity contribution in [3.63, 3.8) is 0 Å². The minimum absolute atomic E-state index is 0.0513. The predicted molar refractivity (Wildman–Crippen MR) is 92.7 cm³/mol. The van der Waals surface area contributed by atoms with Gasteiger partial charge in [-0.05, 0) is 42.9 Å². The van der Waals surface area contributed by atoms with Crippen molar-refractivity contribution < 1.29 is 23.8 Å². The molecule has 1 aliphatic heterocycles. The van der Waals surface area contributed by atoms with Crippen LogP contribution in [0.3, 0.4) is 0 Å². The van der Waals surface area contributed by atoms with Crippen LogP contribution in [0, 0.1) is 17.8 Å². The topological polar surface area (TPSA) is 80.0 Å². The van der Waals surface area contributed by atoms with E-state index in [1.165, 1.54) is 6.26 Å². The maximum atomic E-state index is 12.9. The lowest BCUT2D eigenvalue weighted by atomic mass is 9.92. The number of carboxylic acids is 1. The van der Waals surface area contributed by atoms with Crippen LogP contribution in [-0.4, -0.2) is 35.0 Å². The summed E-state index contributed by atoms with van der Waals surface area (Å²) in [5.74, 6) is -0.109. The number of hydrogen-bond acceptors (Lipinski definition) is 4. The highest BCUT2D eigenvalue weighted by Crippen LogP contribution is 2.44. The van der Waals surface area contributed by atoms with Gasteiger partial charge in [-0.3, -0.25) is 9.59 Å². The van der Waals surface area contributed by atoms with Gasteiger partial charge < -0.3 is 19.2 Å². The molecule has 1 amide bonds. The largest absolute Gasteiger partial charge is 0.489 e. The van der Waals surface area contributed by atoms with E-state index in [1.807, 2.05) is 30.3 Å². The van der Waals surface area contributed by atoms with Crippen molar-refractivity contribution in [2.75, 3.05) is 13.1 Å². The summed E-state index contributed by atoms with van der Waals surface area (Å²) < 4.78 is 11.1. The minimum Gasteiger partial charge on any atom is -0.489 e. The smallest absolute Gasteiger partial charge is 0.308 e. The number of rotatable bonds is 6. The van der Waals surface area contributed by atoms with Crippen molar-refractivity contribution in [1.29, 1.82) is 0 Å². The van der Waals surface area contributed by atoms with Gasteiger partial charge in [-0.15, -0.1) is 0 Å². The Labute approximate surface area is 151 Å². The van der Waals surface area contributed by atoms with Gasteiger partial charge in [0.1, 0.15) is 12.4 Å². The molecule has 26 heavy (non-hydrogen) atoms. The van der Waals surface area contributed by atoms with Crippen LogP contribution in [0.4, 0.5) is 0 Å². The van der Waals surface area contributed by atoms with Gasteiger partial charge in [0.25, 0.3) is 5.91 Å². The lowest BCUT2D eigenvalue weighted by molar-refractivity contribution is -0.142. The van der Waals surface area contributed by atoms with Crippen LogP contribution in [0.1, 0.15) is 29.0 Å². The summed E-state index contributed by atoms with van der Waals surface area (Å²) in [5, 5.41) is 9.47. The van der Waals surface area contributed by atoms with Crippen LogP contribution in [0.25, 0.3) is 0 Å². The molecule has 1 aromatic heterocycles. The Bertz CT molecular complexity index is 796. The highest BCUT2D eigenvalue weighted by molar-refractivity contribution is 5.93. The molecular weight excluding hydrogens is 334 g/mol. The maximum Gasteiger partial charge on any atom is 0.308 e. The molecule has 2 fully saturated rings. The molecule has 0 unspecified atom stereocenters. The van der Waals surface area contributed by atoms with Crippen LogP contribution in [-0.2, 0) is 11.4 Å². The molecular formula is C20H21NO5. The maximum absolute atomic E-state index is 12.9. The third kappa shape index (κ3) is 3.31. The number of furan rings is 1. The highest BCUT2D eigenvalue weighted by atomic mass is 16.5. The number of aliphatic carboxylic acids is 1. The first-order valence-corrected chi connectivity index (χ1v) is 8.90. The molecule has 0 radical (unpaired) electrons. The summed E-state index contributed by atoms with van der Waals surface area (Å²) in [7, 11) is 0. The van der Waals surface area contributed by atoms with Gasteiger partial charge in [-0.2, -0.15) is 0 Å². The van der Waals surface area contributed by atoms with Crippen molar-refractivity contribution in [3.8, 4) is 5.75 Å². The van der Waals surface area contributed by atoms with Crippen LogP contribution >= 0.6 is 0 Å². The summed E-state index contributed by atoms with van der Waals surface area (Å²) in [4.78, 5) is 26.0. The number of amides is 1. The number of nitrogens with zero attached hydrogens (tertiary/aromatic N) is 1. The third-order valence-corrected chi connectivity index (χ3v) is 5.28. The van der Waals surface area contributed by atoms with Gasteiger partial charge in [-0.1, -0.05) is 18.2 Å². The fourth-order valence-corrected chi connectivity index (χ4v) is 3.72. The van der Waals surface area contributed by atoms with E-state index in [1.54, 1.807) is 11.0 Å². The van der Waals surface area contributed by atoms with Gasteiger partial charge in [0.2, 0.25) is 0 Å². The molecule has 1 saturated heterocycles. The zero-order valence-electron chi connectivity index (χ0n) is 14.3. The van der Waals surface area contributed by atoms with Crippen molar-refractivity contribution in [2.45, 2.75) is 19.4 Å². The first kappa shape index (κ1) is 16.7. The molecule has 6 nitrogen and oxygen atoms in total. The molecule has 1 aliphatic carbocycles. The van der Waals surface area contributed by atoms with Gasteiger partial charge in [0.15, 0.2) is 5.76 Å².